The summed E-state index contributed by atoms with van der Waals surface area (Å²) in [7, 11) is -2.05. The fourth-order valence-electron chi connectivity index (χ4n) is 3.17. The van der Waals surface area contributed by atoms with Crippen molar-refractivity contribution in [3.63, 3.8) is 0 Å². The maximum Gasteiger partial charge on any atom is 0.243 e. The highest BCUT2D eigenvalue weighted by atomic mass is 32.2. The topological polar surface area (TPSA) is 99.4 Å². The summed E-state index contributed by atoms with van der Waals surface area (Å²) in [6.45, 7) is 0.756. The van der Waals surface area contributed by atoms with Crippen LogP contribution in [0.2, 0.25) is 0 Å². The molecule has 0 atom stereocenters. The number of aromatic nitrogens is 4. The van der Waals surface area contributed by atoms with Crippen LogP contribution in [-0.2, 0) is 10.0 Å². The summed E-state index contributed by atoms with van der Waals surface area (Å²) in [5.74, 6) is 1.53. The van der Waals surface area contributed by atoms with E-state index in [0.717, 1.165) is 0 Å². The van der Waals surface area contributed by atoms with Crippen LogP contribution >= 0.6 is 0 Å². The molecular weight excluding hydrogens is 394 g/mol. The first-order valence-corrected chi connectivity index (χ1v) is 10.6. The molecule has 0 radical (unpaired) electrons. The van der Waals surface area contributed by atoms with E-state index in [-0.39, 0.29) is 11.0 Å². The molecule has 1 fully saturated rings. The van der Waals surface area contributed by atoms with Crippen molar-refractivity contribution in [3.05, 3.63) is 54.9 Å². The maximum atomic E-state index is 12.9. The first kappa shape index (κ1) is 19.3. The van der Waals surface area contributed by atoms with Crippen LogP contribution in [0.5, 0.6) is 11.6 Å². The van der Waals surface area contributed by atoms with E-state index in [4.69, 9.17) is 9.47 Å². The molecule has 0 bridgehead atoms. The molecule has 0 saturated carbocycles. The van der Waals surface area contributed by atoms with Crippen molar-refractivity contribution in [1.29, 1.82) is 0 Å². The molecule has 152 valence electrons. The SMILES string of the molecule is COc1cccc(S(=O)(=O)N2CCC(Oc3ccc(-n4cccn4)nn3)CC2)c1. The number of nitrogens with zero attached hydrogens (tertiary/aromatic N) is 5. The van der Waals surface area contributed by atoms with Gasteiger partial charge in [0.2, 0.25) is 15.9 Å². The molecule has 1 saturated heterocycles. The summed E-state index contributed by atoms with van der Waals surface area (Å²) in [4.78, 5) is 0.233. The van der Waals surface area contributed by atoms with E-state index in [1.807, 2.05) is 0 Å². The molecule has 29 heavy (non-hydrogen) atoms. The van der Waals surface area contributed by atoms with Gasteiger partial charge in [-0.25, -0.2) is 13.1 Å². The Kier molecular flexibility index (Phi) is 5.45. The summed E-state index contributed by atoms with van der Waals surface area (Å²) >= 11 is 0. The first-order chi connectivity index (χ1) is 14.1. The average molecular weight is 415 g/mol. The Morgan fingerprint density at radius 3 is 2.55 bits per heavy atom. The molecule has 2 aromatic heterocycles. The number of hydrogen-bond donors (Lipinski definition) is 0. The van der Waals surface area contributed by atoms with Crippen LogP contribution in [0.15, 0.2) is 59.8 Å². The molecule has 10 heteroatoms. The summed E-state index contributed by atoms with van der Waals surface area (Å²) in [5, 5.41) is 12.3. The van der Waals surface area contributed by atoms with Gasteiger partial charge in [-0.1, -0.05) is 6.07 Å². The molecule has 3 heterocycles. The van der Waals surface area contributed by atoms with Crippen LogP contribution in [0.3, 0.4) is 0 Å². The Morgan fingerprint density at radius 2 is 1.90 bits per heavy atom. The highest BCUT2D eigenvalue weighted by molar-refractivity contribution is 7.89. The number of benzene rings is 1. The number of sulfonamides is 1. The van der Waals surface area contributed by atoms with Gasteiger partial charge in [-0.3, -0.25) is 0 Å². The molecule has 3 aromatic rings. The van der Waals surface area contributed by atoms with Gasteiger partial charge >= 0.3 is 0 Å². The van der Waals surface area contributed by atoms with Crippen molar-refractivity contribution in [2.45, 2.75) is 23.8 Å². The Bertz CT molecular complexity index is 1050. The van der Waals surface area contributed by atoms with Crippen molar-refractivity contribution in [1.82, 2.24) is 24.3 Å². The average Bonchev–Trinajstić information content (AvgIpc) is 3.30. The standard InChI is InChI=1S/C19H21N5O4S/c1-27-16-4-2-5-17(14-16)29(25,26)23-12-8-15(9-13-23)28-19-7-6-18(21-22-19)24-11-3-10-20-24/h2-7,10-11,14-15H,8-9,12-13H2,1H3. The minimum absolute atomic E-state index is 0.114. The lowest BCUT2D eigenvalue weighted by Gasteiger charge is -2.31. The molecule has 0 N–H and O–H groups in total. The van der Waals surface area contributed by atoms with E-state index in [2.05, 4.69) is 15.3 Å². The molecule has 4 rings (SSSR count). The summed E-state index contributed by atoms with van der Waals surface area (Å²) in [6, 6.07) is 11.8. The lowest BCUT2D eigenvalue weighted by molar-refractivity contribution is 0.128. The fraction of sp³-hybridized carbons (Fsp3) is 0.316. The highest BCUT2D eigenvalue weighted by Gasteiger charge is 2.30. The zero-order valence-corrected chi connectivity index (χ0v) is 16.7. The Labute approximate surface area is 168 Å². The fourth-order valence-corrected chi connectivity index (χ4v) is 4.68. The molecule has 0 spiro atoms. The summed E-state index contributed by atoms with van der Waals surface area (Å²) in [5.41, 5.74) is 0. The lowest BCUT2D eigenvalue weighted by Crippen LogP contribution is -2.41. The van der Waals surface area contributed by atoms with Crippen molar-refractivity contribution < 1.29 is 17.9 Å². The predicted octanol–water partition coefficient (Wildman–Crippen LogP) is 1.90. The number of ether oxygens (including phenoxy) is 2. The van der Waals surface area contributed by atoms with E-state index in [1.54, 1.807) is 53.5 Å². The van der Waals surface area contributed by atoms with Crippen molar-refractivity contribution >= 4 is 10.0 Å². The zero-order chi connectivity index (χ0) is 20.3. The second kappa shape index (κ2) is 8.18. The third kappa shape index (κ3) is 4.22. The molecule has 0 amide bonds. The highest BCUT2D eigenvalue weighted by Crippen LogP contribution is 2.25. The third-order valence-electron chi connectivity index (χ3n) is 4.73. The van der Waals surface area contributed by atoms with Gasteiger partial charge in [0.1, 0.15) is 11.9 Å². The minimum atomic E-state index is -3.56. The molecule has 0 aliphatic carbocycles. The molecular formula is C19H21N5O4S. The monoisotopic (exact) mass is 415 g/mol. The quantitative estimate of drug-likeness (QED) is 0.606. The van der Waals surface area contributed by atoms with Crippen molar-refractivity contribution in [2.75, 3.05) is 20.2 Å². The lowest BCUT2D eigenvalue weighted by atomic mass is 10.1. The molecule has 1 aliphatic heterocycles. The second-order valence-electron chi connectivity index (χ2n) is 6.58. The van der Waals surface area contributed by atoms with Crippen LogP contribution in [0.1, 0.15) is 12.8 Å². The van der Waals surface area contributed by atoms with Gasteiger partial charge in [0.05, 0.1) is 12.0 Å². The number of rotatable bonds is 6. The van der Waals surface area contributed by atoms with Gasteiger partial charge in [-0.05, 0) is 37.1 Å². The van der Waals surface area contributed by atoms with E-state index in [9.17, 15) is 8.42 Å². The van der Waals surface area contributed by atoms with Crippen LogP contribution < -0.4 is 9.47 Å². The van der Waals surface area contributed by atoms with Gasteiger partial charge in [-0.2, -0.15) is 9.40 Å². The van der Waals surface area contributed by atoms with Crippen molar-refractivity contribution in [2.24, 2.45) is 0 Å². The Morgan fingerprint density at radius 1 is 1.07 bits per heavy atom. The van der Waals surface area contributed by atoms with Gasteiger partial charge in [0, 0.05) is 37.6 Å². The normalized spacial score (nSPS) is 15.9. The summed E-state index contributed by atoms with van der Waals surface area (Å²) in [6.07, 6.45) is 4.48. The van der Waals surface area contributed by atoms with Crippen LogP contribution in [-0.4, -0.2) is 59.0 Å². The zero-order valence-electron chi connectivity index (χ0n) is 15.9. The van der Waals surface area contributed by atoms with E-state index < -0.39 is 10.0 Å². The van der Waals surface area contributed by atoms with Gasteiger partial charge in [-0.15, -0.1) is 10.2 Å². The number of hydrogen-bond acceptors (Lipinski definition) is 7. The largest absolute Gasteiger partial charge is 0.497 e. The van der Waals surface area contributed by atoms with Crippen LogP contribution in [0, 0.1) is 0 Å². The first-order valence-electron chi connectivity index (χ1n) is 9.21. The molecule has 0 unspecified atom stereocenters. The molecule has 1 aromatic carbocycles. The van der Waals surface area contributed by atoms with E-state index >= 15 is 0 Å². The Balaban J connectivity index is 1.36. The van der Waals surface area contributed by atoms with Gasteiger partial charge in [0.25, 0.3) is 0 Å². The Hall–Kier alpha value is -2.98. The van der Waals surface area contributed by atoms with Crippen LogP contribution in [0.25, 0.3) is 5.82 Å². The van der Waals surface area contributed by atoms with E-state index in [1.165, 1.54) is 17.5 Å². The van der Waals surface area contributed by atoms with Gasteiger partial charge < -0.3 is 9.47 Å². The minimum Gasteiger partial charge on any atom is -0.497 e. The van der Waals surface area contributed by atoms with Crippen LogP contribution in [0.4, 0.5) is 0 Å². The third-order valence-corrected chi connectivity index (χ3v) is 6.63. The smallest absolute Gasteiger partial charge is 0.243 e. The maximum absolute atomic E-state index is 12.9. The van der Waals surface area contributed by atoms with E-state index in [0.29, 0.717) is 43.4 Å². The number of piperidine rings is 1. The summed E-state index contributed by atoms with van der Waals surface area (Å²) < 4.78 is 39.8. The number of methoxy groups -OCH3 is 1. The van der Waals surface area contributed by atoms with Gasteiger partial charge in [0.15, 0.2) is 5.82 Å². The van der Waals surface area contributed by atoms with Crippen molar-refractivity contribution in [3.8, 4) is 17.4 Å². The molecule has 1 aliphatic rings. The molecule has 9 nitrogen and oxygen atoms in total. The second-order valence-corrected chi connectivity index (χ2v) is 8.52. The predicted molar refractivity (Wildman–Crippen MR) is 105 cm³/mol.